The van der Waals surface area contributed by atoms with Gasteiger partial charge in [0.25, 0.3) is 11.8 Å². The molecule has 206 valence electrons. The number of carbonyl (C=O) groups is 2. The van der Waals surface area contributed by atoms with Crippen LogP contribution in [-0.4, -0.2) is 78.5 Å². The lowest BCUT2D eigenvalue weighted by atomic mass is 10.1. The third-order valence-electron chi connectivity index (χ3n) is 5.89. The Morgan fingerprint density at radius 2 is 1.95 bits per heavy atom. The van der Waals surface area contributed by atoms with Crippen molar-refractivity contribution in [2.75, 3.05) is 46.7 Å². The molecule has 0 aliphatic carbocycles. The highest BCUT2D eigenvalue weighted by molar-refractivity contribution is 5.95. The van der Waals surface area contributed by atoms with Gasteiger partial charge in [-0.3, -0.25) is 9.59 Å². The lowest BCUT2D eigenvalue weighted by Gasteiger charge is -2.13. The molecule has 0 saturated heterocycles. The van der Waals surface area contributed by atoms with E-state index >= 15 is 0 Å². The van der Waals surface area contributed by atoms with Gasteiger partial charge in [-0.2, -0.15) is 0 Å². The number of alkyl halides is 1. The summed E-state index contributed by atoms with van der Waals surface area (Å²) in [6, 6.07) is 10.7. The van der Waals surface area contributed by atoms with Gasteiger partial charge in [0.2, 0.25) is 0 Å². The van der Waals surface area contributed by atoms with Crippen LogP contribution in [0.5, 0.6) is 11.5 Å². The van der Waals surface area contributed by atoms with Gasteiger partial charge < -0.3 is 29.8 Å². The molecule has 0 spiro atoms. The monoisotopic (exact) mass is 538 g/mol. The number of fused-ring (bicyclic) bond motifs is 1. The minimum atomic E-state index is -0.585. The van der Waals surface area contributed by atoms with Crippen LogP contribution in [0.15, 0.2) is 48.8 Å². The summed E-state index contributed by atoms with van der Waals surface area (Å²) in [5, 5.41) is 14.7. The van der Waals surface area contributed by atoms with Gasteiger partial charge >= 0.3 is 0 Å². The lowest BCUT2D eigenvalue weighted by Crippen LogP contribution is -2.26. The first kappa shape index (κ1) is 27.6. The van der Waals surface area contributed by atoms with Crippen LogP contribution in [0.1, 0.15) is 33.3 Å². The molecule has 0 aliphatic heterocycles. The fraction of sp³-hybridized carbons (Fsp3) is 0.333. The summed E-state index contributed by atoms with van der Waals surface area (Å²) >= 11 is 0. The maximum Gasteiger partial charge on any atom is 0.273 e. The van der Waals surface area contributed by atoms with Gasteiger partial charge in [-0.1, -0.05) is 5.21 Å². The summed E-state index contributed by atoms with van der Waals surface area (Å²) in [7, 11) is 1.62. The van der Waals surface area contributed by atoms with Crippen molar-refractivity contribution in [1.29, 1.82) is 0 Å². The Balaban J connectivity index is 1.43. The van der Waals surface area contributed by atoms with Crippen LogP contribution in [0.3, 0.4) is 0 Å². The van der Waals surface area contributed by atoms with Crippen LogP contribution in [0.2, 0.25) is 0 Å². The van der Waals surface area contributed by atoms with E-state index in [-0.39, 0.29) is 37.3 Å². The average Bonchev–Trinajstić information content (AvgIpc) is 3.60. The molecule has 11 nitrogen and oxygen atoms in total. The summed E-state index contributed by atoms with van der Waals surface area (Å²) in [5.41, 5.74) is 3.05. The van der Waals surface area contributed by atoms with Crippen LogP contribution in [0.25, 0.3) is 16.6 Å². The molecule has 2 heterocycles. The van der Waals surface area contributed by atoms with E-state index in [0.717, 1.165) is 22.2 Å². The molecular weight excluding hydrogens is 507 g/mol. The summed E-state index contributed by atoms with van der Waals surface area (Å²) in [5.74, 6) is 0.475. The van der Waals surface area contributed by atoms with Gasteiger partial charge in [-0.25, -0.2) is 9.07 Å². The van der Waals surface area contributed by atoms with E-state index in [2.05, 4.69) is 25.9 Å². The minimum absolute atomic E-state index is 0.0226. The van der Waals surface area contributed by atoms with Gasteiger partial charge in [0.1, 0.15) is 30.5 Å². The number of aromatic amines is 1. The highest BCUT2D eigenvalue weighted by Crippen LogP contribution is 2.25. The fourth-order valence-corrected chi connectivity index (χ4v) is 3.97. The first-order valence-corrected chi connectivity index (χ1v) is 12.6. The summed E-state index contributed by atoms with van der Waals surface area (Å²) in [4.78, 5) is 28.3. The van der Waals surface area contributed by atoms with E-state index in [1.54, 1.807) is 25.3 Å². The molecule has 0 bridgehead atoms. The third-order valence-corrected chi connectivity index (χ3v) is 5.89. The molecule has 2 aromatic carbocycles. The van der Waals surface area contributed by atoms with E-state index in [4.69, 9.17) is 14.2 Å². The van der Waals surface area contributed by atoms with E-state index in [0.29, 0.717) is 36.5 Å². The van der Waals surface area contributed by atoms with Crippen LogP contribution in [0.4, 0.5) is 4.39 Å². The summed E-state index contributed by atoms with van der Waals surface area (Å²) < 4.78 is 29.9. The van der Waals surface area contributed by atoms with Crippen LogP contribution in [-0.2, 0) is 11.2 Å². The Morgan fingerprint density at radius 1 is 1.08 bits per heavy atom. The summed E-state index contributed by atoms with van der Waals surface area (Å²) in [6.07, 6.45) is 4.01. The van der Waals surface area contributed by atoms with Crippen molar-refractivity contribution in [1.82, 2.24) is 30.6 Å². The Bertz CT molecular complexity index is 1420. The van der Waals surface area contributed by atoms with E-state index in [1.165, 1.54) is 10.9 Å². The molecule has 2 amide bonds. The summed E-state index contributed by atoms with van der Waals surface area (Å²) in [6.45, 7) is 2.39. The second-order valence-electron chi connectivity index (χ2n) is 8.47. The highest BCUT2D eigenvalue weighted by Gasteiger charge is 2.16. The van der Waals surface area contributed by atoms with E-state index in [1.807, 2.05) is 31.3 Å². The Kier molecular flexibility index (Phi) is 9.46. The number of benzene rings is 2. The van der Waals surface area contributed by atoms with Crippen LogP contribution in [0, 0.1) is 0 Å². The van der Waals surface area contributed by atoms with Gasteiger partial charge in [0.05, 0.1) is 26.5 Å². The SMILES string of the molecule is CCNC(=O)c1ccc(-n2cc(C(=O)NCCc3c[nH]c4ccc(OC)cc34)nn2)c(OCCOCCF)c1. The number of nitrogens with zero attached hydrogens (tertiary/aromatic N) is 3. The molecule has 4 aromatic rings. The van der Waals surface area contributed by atoms with Crippen molar-refractivity contribution in [2.24, 2.45) is 0 Å². The number of carbonyl (C=O) groups excluding carboxylic acids is 2. The number of nitrogens with one attached hydrogen (secondary N) is 3. The first-order valence-electron chi connectivity index (χ1n) is 12.6. The normalized spacial score (nSPS) is 10.9. The first-order chi connectivity index (χ1) is 19.0. The standard InChI is InChI=1S/C27H31FN6O5/c1-3-29-26(35)18-4-7-24(25(14-18)39-13-12-38-11-9-28)34-17-23(32-33-34)27(36)30-10-8-19-16-31-22-6-5-20(37-2)15-21(19)22/h4-7,14-17,31H,3,8-13H2,1-2H3,(H,29,35)(H,30,36). The molecule has 0 unspecified atom stereocenters. The molecule has 0 fully saturated rings. The second kappa shape index (κ2) is 13.4. The largest absolute Gasteiger partial charge is 0.497 e. The van der Waals surface area contributed by atoms with E-state index in [9.17, 15) is 14.0 Å². The Labute approximate surface area is 224 Å². The molecule has 2 aromatic heterocycles. The average molecular weight is 539 g/mol. The van der Waals surface area contributed by atoms with Crippen LogP contribution < -0.4 is 20.1 Å². The van der Waals surface area contributed by atoms with Gasteiger partial charge in [0.15, 0.2) is 5.69 Å². The number of ether oxygens (including phenoxy) is 3. The van der Waals surface area contributed by atoms with Gasteiger partial charge in [-0.05, 0) is 55.3 Å². The number of aromatic nitrogens is 4. The molecule has 0 radical (unpaired) electrons. The Morgan fingerprint density at radius 3 is 2.74 bits per heavy atom. The number of halogens is 1. The van der Waals surface area contributed by atoms with E-state index < -0.39 is 6.67 Å². The topological polar surface area (TPSA) is 132 Å². The van der Waals surface area contributed by atoms with Gasteiger partial charge in [-0.15, -0.1) is 5.10 Å². The molecule has 4 rings (SSSR count). The second-order valence-corrected chi connectivity index (χ2v) is 8.47. The quantitative estimate of drug-likeness (QED) is 0.210. The van der Waals surface area contributed by atoms with Crippen molar-refractivity contribution in [3.8, 4) is 17.2 Å². The smallest absolute Gasteiger partial charge is 0.273 e. The number of hydrogen-bond acceptors (Lipinski definition) is 7. The lowest BCUT2D eigenvalue weighted by molar-refractivity contribution is 0.0894. The molecule has 3 N–H and O–H groups in total. The number of H-pyrrole nitrogens is 1. The van der Waals surface area contributed by atoms with Crippen molar-refractivity contribution in [3.63, 3.8) is 0 Å². The van der Waals surface area contributed by atoms with Crippen molar-refractivity contribution in [2.45, 2.75) is 13.3 Å². The molecule has 0 atom stereocenters. The fourth-order valence-electron chi connectivity index (χ4n) is 3.97. The maximum atomic E-state index is 12.8. The zero-order valence-electron chi connectivity index (χ0n) is 21.8. The molecular formula is C27H31FN6O5. The minimum Gasteiger partial charge on any atom is -0.497 e. The molecule has 39 heavy (non-hydrogen) atoms. The number of amides is 2. The van der Waals surface area contributed by atoms with Crippen LogP contribution >= 0.6 is 0 Å². The zero-order valence-corrected chi connectivity index (χ0v) is 21.8. The molecule has 12 heteroatoms. The predicted molar refractivity (Wildman–Crippen MR) is 143 cm³/mol. The van der Waals surface area contributed by atoms with Crippen molar-refractivity contribution < 1.29 is 28.2 Å². The molecule has 0 aliphatic rings. The predicted octanol–water partition coefficient (Wildman–Crippen LogP) is 2.84. The number of hydrogen-bond donors (Lipinski definition) is 3. The maximum absolute atomic E-state index is 12.8. The van der Waals surface area contributed by atoms with Crippen molar-refractivity contribution in [3.05, 3.63) is 65.6 Å². The number of rotatable bonds is 14. The van der Waals surface area contributed by atoms with Crippen molar-refractivity contribution >= 4 is 22.7 Å². The zero-order chi connectivity index (χ0) is 27.6. The third kappa shape index (κ3) is 6.90. The Hall–Kier alpha value is -4.45. The number of methoxy groups -OCH3 is 1. The van der Waals surface area contributed by atoms with Gasteiger partial charge in [0, 0.05) is 35.8 Å². The molecule has 0 saturated carbocycles. The highest BCUT2D eigenvalue weighted by atomic mass is 19.1.